The Balaban J connectivity index is 0.841. The molecule has 540 valence electrons. The third-order valence-electron chi connectivity index (χ3n) is 21.8. The van der Waals surface area contributed by atoms with Crippen LogP contribution in [0.2, 0.25) is 0 Å². The van der Waals surface area contributed by atoms with Crippen molar-refractivity contribution in [3.8, 4) is 46.0 Å². The zero-order valence-corrected chi connectivity index (χ0v) is 60.6. The van der Waals surface area contributed by atoms with Crippen molar-refractivity contribution in [3.05, 3.63) is 236 Å². The van der Waals surface area contributed by atoms with Gasteiger partial charge in [-0.1, -0.05) is 152 Å². The first-order chi connectivity index (χ1) is 49.9. The Hall–Kier alpha value is -8.16. The summed E-state index contributed by atoms with van der Waals surface area (Å²) in [5.41, 5.74) is 13.3. The van der Waals surface area contributed by atoms with Gasteiger partial charge in [0.15, 0.2) is 0 Å². The molecule has 16 heteroatoms. The van der Waals surface area contributed by atoms with Gasteiger partial charge in [0.1, 0.15) is 122 Å². The van der Waals surface area contributed by atoms with E-state index in [1.165, 1.54) is 0 Å². The van der Waals surface area contributed by atoms with E-state index in [4.69, 9.17) is 75.8 Å². The number of benzene rings is 8. The molecule has 8 aliphatic rings. The summed E-state index contributed by atoms with van der Waals surface area (Å²) in [6.45, 7) is 26.6. The van der Waals surface area contributed by atoms with Gasteiger partial charge >= 0.3 is 0 Å². The minimum absolute atomic E-state index is 0.0411. The summed E-state index contributed by atoms with van der Waals surface area (Å²) in [5, 5.41) is 0. The number of ether oxygens (including phenoxy) is 16. The Bertz CT molecular complexity index is 4260. The molecule has 8 saturated heterocycles. The summed E-state index contributed by atoms with van der Waals surface area (Å²) < 4.78 is 98.8. The highest BCUT2D eigenvalue weighted by atomic mass is 16.7. The fraction of sp³-hybridized carbons (Fsp3) is 0.448. The van der Waals surface area contributed by atoms with E-state index in [2.05, 4.69) is 213 Å². The van der Waals surface area contributed by atoms with Crippen LogP contribution in [0.3, 0.4) is 0 Å². The second-order valence-electron chi connectivity index (χ2n) is 31.0. The topological polar surface area (TPSA) is 167 Å². The predicted octanol–water partition coefficient (Wildman–Crippen LogP) is 14.7. The molecule has 8 fully saturated rings. The van der Waals surface area contributed by atoms with Gasteiger partial charge in [0, 0.05) is 53.8 Å². The average Bonchev–Trinajstić information content (AvgIpc) is 1.67. The molecular weight excluding hydrogens is 1300 g/mol. The van der Waals surface area contributed by atoms with Crippen molar-refractivity contribution in [2.45, 2.75) is 158 Å². The molecule has 0 aliphatic carbocycles. The zero-order chi connectivity index (χ0) is 70.5. The van der Waals surface area contributed by atoms with Crippen molar-refractivity contribution in [1.29, 1.82) is 0 Å². The van der Waals surface area contributed by atoms with Gasteiger partial charge in [-0.15, -0.1) is 0 Å². The lowest BCUT2D eigenvalue weighted by Gasteiger charge is -2.31. The Morgan fingerprint density at radius 3 is 0.796 bits per heavy atom. The third kappa shape index (κ3) is 16.7. The van der Waals surface area contributed by atoms with E-state index < -0.39 is 21.7 Å². The maximum absolute atomic E-state index is 7.36. The molecular formula is C87H96O16. The van der Waals surface area contributed by atoms with Crippen molar-refractivity contribution < 1.29 is 75.8 Å². The number of epoxide rings is 6. The Labute approximate surface area is 605 Å². The molecule has 0 spiro atoms. The zero-order valence-electron chi connectivity index (χ0n) is 60.6. The van der Waals surface area contributed by atoms with Crippen LogP contribution in [0.1, 0.15) is 146 Å². The van der Waals surface area contributed by atoms with Crippen molar-refractivity contribution in [3.63, 3.8) is 0 Å². The quantitative estimate of drug-likeness (QED) is 0.0340. The van der Waals surface area contributed by atoms with Crippen LogP contribution in [0.15, 0.2) is 158 Å². The van der Waals surface area contributed by atoms with Gasteiger partial charge in [0.25, 0.3) is 0 Å². The van der Waals surface area contributed by atoms with E-state index in [-0.39, 0.29) is 49.2 Å². The van der Waals surface area contributed by atoms with E-state index >= 15 is 0 Å². The normalized spacial score (nSPS) is 22.2. The summed E-state index contributed by atoms with van der Waals surface area (Å²) in [6, 6.07) is 56.8. The van der Waals surface area contributed by atoms with Gasteiger partial charge in [0.05, 0.1) is 52.9 Å². The molecule has 8 aliphatic heterocycles. The van der Waals surface area contributed by atoms with Gasteiger partial charge < -0.3 is 75.8 Å². The van der Waals surface area contributed by atoms with Crippen molar-refractivity contribution in [2.75, 3.05) is 92.5 Å². The highest BCUT2D eigenvalue weighted by molar-refractivity contribution is 5.60. The van der Waals surface area contributed by atoms with Crippen LogP contribution in [-0.2, 0) is 78.8 Å². The maximum atomic E-state index is 7.36. The van der Waals surface area contributed by atoms with E-state index in [0.717, 1.165) is 157 Å². The van der Waals surface area contributed by atoms with E-state index in [1.54, 1.807) is 0 Å². The number of rotatable bonds is 36. The number of hydrogen-bond acceptors (Lipinski definition) is 16. The van der Waals surface area contributed by atoms with Gasteiger partial charge in [-0.05, 0) is 139 Å². The maximum Gasteiger partial charge on any atom is 0.202 e. The minimum atomic E-state index is -0.540. The SMILES string of the molecule is CC(C)(c1ccc(OCC2CO2)cc1)c1ccc(OCC2CO2)c(Cc2cc(C(C)(C)c3ccc(OCC4CO4)cc3)cc(Cc3cc(C(C)(C)c4ccc(OC5CCO5)cc4)cc(Cc4cc(C(C)(C)c5ccc(OC6CCO6)cc5)ccc4OCC4CO4)c3OCC3CO3)c2OCC2CO2)c1. The molecule has 16 rings (SSSR count). The second-order valence-corrected chi connectivity index (χ2v) is 31.0. The fourth-order valence-corrected chi connectivity index (χ4v) is 13.7. The molecule has 0 radical (unpaired) electrons. The van der Waals surface area contributed by atoms with E-state index in [0.29, 0.717) is 91.9 Å². The Morgan fingerprint density at radius 1 is 0.272 bits per heavy atom. The van der Waals surface area contributed by atoms with E-state index in [1.807, 2.05) is 0 Å². The largest absolute Gasteiger partial charge is 0.491 e. The van der Waals surface area contributed by atoms with Crippen molar-refractivity contribution >= 4 is 0 Å². The van der Waals surface area contributed by atoms with Crippen LogP contribution in [0.5, 0.6) is 46.0 Å². The average molecular weight is 1400 g/mol. The molecule has 8 unspecified atom stereocenters. The summed E-state index contributed by atoms with van der Waals surface area (Å²) in [7, 11) is 0. The molecule has 8 atom stereocenters. The summed E-state index contributed by atoms with van der Waals surface area (Å²) in [6.07, 6.45) is 3.01. The molecule has 8 heterocycles. The van der Waals surface area contributed by atoms with Gasteiger partial charge in [0.2, 0.25) is 12.6 Å². The Morgan fingerprint density at radius 2 is 0.515 bits per heavy atom. The van der Waals surface area contributed by atoms with Gasteiger partial charge in [-0.3, -0.25) is 0 Å². The van der Waals surface area contributed by atoms with Crippen LogP contribution >= 0.6 is 0 Å². The lowest BCUT2D eigenvalue weighted by Crippen LogP contribution is -2.32. The molecule has 0 saturated carbocycles. The monoisotopic (exact) mass is 1400 g/mol. The predicted molar refractivity (Wildman–Crippen MR) is 390 cm³/mol. The Kier molecular flexibility index (Phi) is 19.5. The van der Waals surface area contributed by atoms with Gasteiger partial charge in [-0.25, -0.2) is 0 Å². The molecule has 0 aromatic heterocycles. The molecule has 16 nitrogen and oxygen atoms in total. The summed E-state index contributed by atoms with van der Waals surface area (Å²) in [5.74, 6) is 6.38. The molecule has 0 amide bonds. The highest BCUT2D eigenvalue weighted by Crippen LogP contribution is 2.46. The summed E-state index contributed by atoms with van der Waals surface area (Å²) >= 11 is 0. The first-order valence-electron chi connectivity index (χ1n) is 36.9. The lowest BCUT2D eigenvalue weighted by molar-refractivity contribution is -0.165. The first kappa shape index (κ1) is 69.2. The molecule has 0 bridgehead atoms. The van der Waals surface area contributed by atoms with Gasteiger partial charge in [-0.2, -0.15) is 0 Å². The lowest BCUT2D eigenvalue weighted by atomic mass is 9.75. The molecule has 0 N–H and O–H groups in total. The first-order valence-corrected chi connectivity index (χ1v) is 36.9. The fourth-order valence-electron chi connectivity index (χ4n) is 13.7. The van der Waals surface area contributed by atoms with Crippen molar-refractivity contribution in [2.24, 2.45) is 0 Å². The van der Waals surface area contributed by atoms with Crippen LogP contribution in [0, 0.1) is 0 Å². The van der Waals surface area contributed by atoms with Crippen LogP contribution in [0.4, 0.5) is 0 Å². The van der Waals surface area contributed by atoms with Crippen LogP contribution < -0.4 is 37.9 Å². The van der Waals surface area contributed by atoms with Crippen LogP contribution in [-0.4, -0.2) is 142 Å². The molecule has 103 heavy (non-hydrogen) atoms. The van der Waals surface area contributed by atoms with Crippen LogP contribution in [0.25, 0.3) is 0 Å². The third-order valence-corrected chi connectivity index (χ3v) is 21.8. The summed E-state index contributed by atoms with van der Waals surface area (Å²) in [4.78, 5) is 0. The smallest absolute Gasteiger partial charge is 0.202 e. The second kappa shape index (κ2) is 29.1. The standard InChI is InChI=1S/C87H96O16/c1-84(2,60-9-19-68(20-10-60)90-42-72-44-92-72)64-17-27-78(98-50-74-46-94-74)54(36-64)33-56-38-66(86(5,6)62-11-21-69(22-12-62)91-43-73-45-93-73)40-58(82(56)100-52-76-48-96-76)35-59-41-67(87(7,8)63-15-25-71(26-16-63)103-81-30-32-89-81)39-57(83(59)101-53-77-49-97-77)34-55-37-65(18-28-79(55)99-51-75-47-95-75)85(3,4)61-13-23-70(24-14-61)102-80-29-31-88-80/h9-28,36-41,72-77,80-81H,29-35,42-53H2,1-8H3. The number of hydrogen-bond donors (Lipinski definition) is 0. The van der Waals surface area contributed by atoms with E-state index in [9.17, 15) is 0 Å². The molecule has 8 aromatic carbocycles. The molecule has 8 aromatic rings. The minimum Gasteiger partial charge on any atom is -0.491 e. The highest BCUT2D eigenvalue weighted by Gasteiger charge is 2.36. The van der Waals surface area contributed by atoms with Crippen molar-refractivity contribution in [1.82, 2.24) is 0 Å².